The lowest BCUT2D eigenvalue weighted by molar-refractivity contribution is -0.140. The Hall–Kier alpha value is -0.910. The van der Waals surface area contributed by atoms with Crippen molar-refractivity contribution in [3.05, 3.63) is 0 Å². The number of nitrogens with one attached hydrogen (secondary N) is 1. The first-order valence-electron chi connectivity index (χ1n) is 5.66. The van der Waals surface area contributed by atoms with Gasteiger partial charge in [0.15, 0.2) is 0 Å². The molecule has 0 radical (unpaired) electrons. The lowest BCUT2D eigenvalue weighted by Crippen LogP contribution is -2.47. The van der Waals surface area contributed by atoms with E-state index >= 15 is 0 Å². The summed E-state index contributed by atoms with van der Waals surface area (Å²) < 4.78 is 0. The smallest absolute Gasteiger partial charge is 0.327 e. The van der Waals surface area contributed by atoms with E-state index in [2.05, 4.69) is 26.1 Å². The largest absolute Gasteiger partial charge is 0.480 e. The van der Waals surface area contributed by atoms with Crippen LogP contribution in [0.15, 0.2) is 0 Å². The molecule has 1 atom stereocenters. The molecule has 1 aliphatic heterocycles. The Morgan fingerprint density at radius 3 is 2.65 bits per heavy atom. The van der Waals surface area contributed by atoms with E-state index in [0.717, 1.165) is 6.42 Å². The molecule has 1 rings (SSSR count). The Balaban J connectivity index is 2.40. The van der Waals surface area contributed by atoms with Crippen LogP contribution in [0, 0.1) is 5.41 Å². The fourth-order valence-corrected chi connectivity index (χ4v) is 2.64. The highest BCUT2D eigenvalue weighted by Gasteiger charge is 2.34. The fourth-order valence-electron chi connectivity index (χ4n) is 1.49. The number of hydrogen-bond donors (Lipinski definition) is 2. The molecule has 1 aliphatic rings. The predicted molar refractivity (Wildman–Crippen MR) is 68.1 cm³/mol. The summed E-state index contributed by atoms with van der Waals surface area (Å²) in [7, 11) is 0. The van der Waals surface area contributed by atoms with Crippen LogP contribution in [-0.2, 0) is 4.79 Å². The minimum Gasteiger partial charge on any atom is -0.480 e. The van der Waals surface area contributed by atoms with Gasteiger partial charge in [-0.1, -0.05) is 20.8 Å². The molecule has 0 aromatic heterocycles. The number of aliphatic carboxylic acids is 1. The summed E-state index contributed by atoms with van der Waals surface area (Å²) in [5.74, 6) is 0.00124. The van der Waals surface area contributed by atoms with Crippen molar-refractivity contribution in [1.29, 1.82) is 0 Å². The zero-order valence-corrected chi connectivity index (χ0v) is 11.3. The lowest BCUT2D eigenvalue weighted by atomic mass is 9.92. The summed E-state index contributed by atoms with van der Waals surface area (Å²) in [6.07, 6.45) is 0.872. The van der Waals surface area contributed by atoms with Gasteiger partial charge in [0.2, 0.25) is 0 Å². The summed E-state index contributed by atoms with van der Waals surface area (Å²) in [4.78, 5) is 24.1. The molecule has 0 aromatic carbocycles. The van der Waals surface area contributed by atoms with Crippen molar-refractivity contribution in [3.8, 4) is 0 Å². The molecule has 6 heteroatoms. The summed E-state index contributed by atoms with van der Waals surface area (Å²) >= 11 is 1.47. The number of carboxylic acids is 1. The van der Waals surface area contributed by atoms with E-state index in [1.54, 1.807) is 0 Å². The van der Waals surface area contributed by atoms with E-state index in [4.69, 9.17) is 5.11 Å². The van der Waals surface area contributed by atoms with Gasteiger partial charge in [-0.2, -0.15) is 0 Å². The van der Waals surface area contributed by atoms with E-state index < -0.39 is 12.0 Å². The van der Waals surface area contributed by atoms with Crippen LogP contribution >= 0.6 is 11.8 Å². The molecule has 1 fully saturated rings. The van der Waals surface area contributed by atoms with Gasteiger partial charge < -0.3 is 15.3 Å². The molecule has 2 amide bonds. The lowest BCUT2D eigenvalue weighted by Gasteiger charge is -2.23. The number of carboxylic acid groups (broad SMARTS) is 1. The number of hydrogen-bond acceptors (Lipinski definition) is 3. The highest BCUT2D eigenvalue weighted by atomic mass is 32.2. The van der Waals surface area contributed by atoms with Crippen molar-refractivity contribution in [3.63, 3.8) is 0 Å². The summed E-state index contributed by atoms with van der Waals surface area (Å²) in [6.45, 7) is 6.89. The van der Waals surface area contributed by atoms with Gasteiger partial charge in [-0.05, 0) is 11.8 Å². The molecular formula is C11H20N2O3S. The molecule has 1 unspecified atom stereocenters. The van der Waals surface area contributed by atoms with Crippen molar-refractivity contribution >= 4 is 23.8 Å². The molecule has 0 aromatic rings. The van der Waals surface area contributed by atoms with Crippen LogP contribution in [0.1, 0.15) is 27.2 Å². The number of thioether (sulfide) groups is 1. The minimum atomic E-state index is -0.930. The monoisotopic (exact) mass is 260 g/mol. The number of carbonyl (C=O) groups is 2. The minimum absolute atomic E-state index is 0.166. The van der Waals surface area contributed by atoms with Gasteiger partial charge in [-0.15, -0.1) is 11.8 Å². The number of rotatable bonds is 3. The van der Waals surface area contributed by atoms with Crippen molar-refractivity contribution in [1.82, 2.24) is 10.2 Å². The topological polar surface area (TPSA) is 69.6 Å². The van der Waals surface area contributed by atoms with Crippen molar-refractivity contribution < 1.29 is 14.7 Å². The van der Waals surface area contributed by atoms with Crippen molar-refractivity contribution in [2.45, 2.75) is 33.2 Å². The van der Waals surface area contributed by atoms with Gasteiger partial charge in [-0.3, -0.25) is 0 Å². The quantitative estimate of drug-likeness (QED) is 0.808. The number of carbonyl (C=O) groups excluding carboxylic acids is 1. The van der Waals surface area contributed by atoms with E-state index in [-0.39, 0.29) is 11.4 Å². The van der Waals surface area contributed by atoms with Crippen LogP contribution in [0.4, 0.5) is 4.79 Å². The summed E-state index contributed by atoms with van der Waals surface area (Å²) in [6, 6.07) is -0.957. The number of urea groups is 1. The average Bonchev–Trinajstić information content (AvgIpc) is 2.63. The van der Waals surface area contributed by atoms with Gasteiger partial charge in [0.1, 0.15) is 6.04 Å². The Labute approximate surface area is 106 Å². The highest BCUT2D eigenvalue weighted by Crippen LogP contribution is 2.21. The van der Waals surface area contributed by atoms with Gasteiger partial charge in [-0.25, -0.2) is 9.59 Å². The summed E-state index contributed by atoms with van der Waals surface area (Å²) in [5, 5.41) is 11.7. The van der Waals surface area contributed by atoms with Gasteiger partial charge in [0, 0.05) is 12.3 Å². The maximum atomic E-state index is 11.8. The Kier molecular flexibility index (Phi) is 4.68. The Morgan fingerprint density at radius 1 is 1.47 bits per heavy atom. The third kappa shape index (κ3) is 4.46. The Bertz CT molecular complexity index is 302. The molecule has 5 nitrogen and oxygen atoms in total. The second kappa shape index (κ2) is 5.62. The van der Waals surface area contributed by atoms with Gasteiger partial charge in [0.05, 0.1) is 5.88 Å². The highest BCUT2D eigenvalue weighted by molar-refractivity contribution is 7.99. The predicted octanol–water partition coefficient (Wildman–Crippen LogP) is 1.59. The van der Waals surface area contributed by atoms with Crippen LogP contribution in [0.2, 0.25) is 0 Å². The van der Waals surface area contributed by atoms with Crippen LogP contribution < -0.4 is 5.32 Å². The average molecular weight is 260 g/mol. The third-order valence-electron chi connectivity index (χ3n) is 2.58. The SMILES string of the molecule is CC(C)(C)CCNC(=O)N1CSCC1C(=O)O. The molecule has 17 heavy (non-hydrogen) atoms. The molecule has 0 spiro atoms. The van der Waals surface area contributed by atoms with Crippen LogP contribution in [-0.4, -0.2) is 46.2 Å². The molecule has 2 N–H and O–H groups in total. The van der Waals surface area contributed by atoms with E-state index in [1.165, 1.54) is 16.7 Å². The second-order valence-electron chi connectivity index (χ2n) is 5.37. The standard InChI is InChI=1S/C11H20N2O3S/c1-11(2,3)4-5-12-10(16)13-7-17-6-8(13)9(14)15/h8H,4-7H2,1-3H3,(H,12,16)(H,14,15). The number of nitrogens with zero attached hydrogens (tertiary/aromatic N) is 1. The Morgan fingerprint density at radius 2 is 2.12 bits per heavy atom. The van der Waals surface area contributed by atoms with Gasteiger partial charge >= 0.3 is 12.0 Å². The summed E-state index contributed by atoms with van der Waals surface area (Å²) in [5.41, 5.74) is 0.166. The molecule has 1 heterocycles. The van der Waals surface area contributed by atoms with Crippen molar-refractivity contribution in [2.24, 2.45) is 5.41 Å². The first-order valence-corrected chi connectivity index (χ1v) is 6.82. The van der Waals surface area contributed by atoms with E-state index in [1.807, 2.05) is 0 Å². The van der Waals surface area contributed by atoms with Crippen LogP contribution in [0.25, 0.3) is 0 Å². The van der Waals surface area contributed by atoms with Gasteiger partial charge in [0.25, 0.3) is 0 Å². The third-order valence-corrected chi connectivity index (χ3v) is 3.59. The maximum Gasteiger partial charge on any atom is 0.327 e. The number of amides is 2. The molecule has 0 aliphatic carbocycles. The van der Waals surface area contributed by atoms with E-state index in [0.29, 0.717) is 18.2 Å². The maximum absolute atomic E-state index is 11.8. The van der Waals surface area contributed by atoms with Crippen LogP contribution in [0.3, 0.4) is 0 Å². The first kappa shape index (κ1) is 14.2. The van der Waals surface area contributed by atoms with Crippen molar-refractivity contribution in [2.75, 3.05) is 18.2 Å². The molecule has 98 valence electrons. The normalized spacial score (nSPS) is 20.4. The van der Waals surface area contributed by atoms with E-state index in [9.17, 15) is 9.59 Å². The second-order valence-corrected chi connectivity index (χ2v) is 6.37. The molecule has 1 saturated heterocycles. The molecular weight excluding hydrogens is 240 g/mol. The first-order chi connectivity index (χ1) is 7.81. The molecule has 0 saturated carbocycles. The molecule has 0 bridgehead atoms. The zero-order valence-electron chi connectivity index (χ0n) is 10.5. The fraction of sp³-hybridized carbons (Fsp3) is 0.818. The zero-order chi connectivity index (χ0) is 13.1. The van der Waals surface area contributed by atoms with Crippen LogP contribution in [0.5, 0.6) is 0 Å².